The van der Waals surface area contributed by atoms with Crippen LogP contribution in [0, 0.1) is 0 Å². The van der Waals surface area contributed by atoms with Crippen LogP contribution in [0.4, 0.5) is 0 Å². The summed E-state index contributed by atoms with van der Waals surface area (Å²) in [7, 11) is 0. The number of fused-ring (bicyclic) bond motifs is 1. The zero-order chi connectivity index (χ0) is 10.3. The minimum Gasteiger partial charge on any atom is -0.331 e. The molecule has 0 unspecified atom stereocenters. The number of benzene rings is 1. The Morgan fingerprint density at radius 2 is 1.87 bits per heavy atom. The third kappa shape index (κ3) is 1.29. The van der Waals surface area contributed by atoms with Crippen LogP contribution in [0.3, 0.4) is 0 Å². The molecule has 0 saturated carbocycles. The monoisotopic (exact) mass is 199 g/mol. The number of rotatable bonds is 1. The van der Waals surface area contributed by atoms with Crippen molar-refractivity contribution in [3.8, 4) is 0 Å². The van der Waals surface area contributed by atoms with Crippen LogP contribution in [-0.4, -0.2) is 16.8 Å². The van der Waals surface area contributed by atoms with Gasteiger partial charge >= 0.3 is 0 Å². The molecular weight excluding hydrogens is 186 g/mol. The quantitative estimate of drug-likeness (QED) is 0.636. The number of nitrogens with zero attached hydrogens (tertiary/aromatic N) is 1. The van der Waals surface area contributed by atoms with E-state index in [4.69, 9.17) is 0 Å². The predicted molar refractivity (Wildman–Crippen MR) is 58.5 cm³/mol. The lowest BCUT2D eigenvalue weighted by atomic mass is 10.1. The van der Waals surface area contributed by atoms with Gasteiger partial charge in [0.2, 0.25) is 0 Å². The smallest absolute Gasteiger partial charge is 0.254 e. The molecule has 1 amide bonds. The van der Waals surface area contributed by atoms with Crippen molar-refractivity contribution < 1.29 is 4.79 Å². The molecular formula is C13H13NO. The molecule has 0 fully saturated rings. The lowest BCUT2D eigenvalue weighted by Gasteiger charge is -2.23. The molecule has 15 heavy (non-hydrogen) atoms. The molecule has 1 heterocycles. The van der Waals surface area contributed by atoms with E-state index in [1.165, 1.54) is 5.56 Å². The van der Waals surface area contributed by atoms with Gasteiger partial charge in [-0.15, -0.1) is 0 Å². The van der Waals surface area contributed by atoms with Crippen molar-refractivity contribution in [1.29, 1.82) is 0 Å². The molecule has 1 aromatic carbocycles. The molecule has 1 aliphatic heterocycles. The standard InChI is InChI=1S/C13H13NO/c15-13-12-8-4-1-5-10(12)9-14(13)11-6-2-3-7-11/h1-5,8,11H,6-7,9H2. The summed E-state index contributed by atoms with van der Waals surface area (Å²) in [5, 5.41) is 0. The van der Waals surface area contributed by atoms with Gasteiger partial charge in [0.15, 0.2) is 0 Å². The van der Waals surface area contributed by atoms with Crippen molar-refractivity contribution in [1.82, 2.24) is 4.90 Å². The maximum atomic E-state index is 12.1. The zero-order valence-electron chi connectivity index (χ0n) is 8.52. The van der Waals surface area contributed by atoms with Crippen molar-refractivity contribution in [2.45, 2.75) is 25.4 Å². The second-order valence-corrected chi connectivity index (χ2v) is 4.19. The Hall–Kier alpha value is -1.57. The number of hydrogen-bond donors (Lipinski definition) is 0. The fourth-order valence-electron chi connectivity index (χ4n) is 2.43. The zero-order valence-corrected chi connectivity index (χ0v) is 8.52. The number of carbonyl (C=O) groups excluding carboxylic acids is 1. The summed E-state index contributed by atoms with van der Waals surface area (Å²) in [6, 6.07) is 8.32. The highest BCUT2D eigenvalue weighted by Crippen LogP contribution is 2.28. The van der Waals surface area contributed by atoms with Gasteiger partial charge in [-0.05, 0) is 24.5 Å². The number of hydrogen-bond acceptors (Lipinski definition) is 1. The Kier molecular flexibility index (Phi) is 1.88. The number of carbonyl (C=O) groups is 1. The van der Waals surface area contributed by atoms with Crippen molar-refractivity contribution >= 4 is 5.91 Å². The van der Waals surface area contributed by atoms with E-state index in [1.54, 1.807) is 0 Å². The molecule has 2 heteroatoms. The van der Waals surface area contributed by atoms with Gasteiger partial charge < -0.3 is 4.90 Å². The highest BCUT2D eigenvalue weighted by molar-refractivity contribution is 5.98. The van der Waals surface area contributed by atoms with Gasteiger partial charge in [0.05, 0.1) is 0 Å². The molecule has 1 aliphatic carbocycles. The number of amides is 1. The van der Waals surface area contributed by atoms with Crippen molar-refractivity contribution in [3.05, 3.63) is 47.5 Å². The largest absolute Gasteiger partial charge is 0.331 e. The van der Waals surface area contributed by atoms with Gasteiger partial charge in [0, 0.05) is 18.2 Å². The van der Waals surface area contributed by atoms with Crippen LogP contribution in [0.15, 0.2) is 36.4 Å². The summed E-state index contributed by atoms with van der Waals surface area (Å²) in [5.74, 6) is 0.208. The third-order valence-electron chi connectivity index (χ3n) is 3.27. The Balaban J connectivity index is 1.90. The van der Waals surface area contributed by atoms with E-state index < -0.39 is 0 Å². The average Bonchev–Trinajstić information content (AvgIpc) is 2.87. The van der Waals surface area contributed by atoms with E-state index in [9.17, 15) is 4.79 Å². The summed E-state index contributed by atoms with van der Waals surface area (Å²) in [6.45, 7) is 0.793. The van der Waals surface area contributed by atoms with Gasteiger partial charge in [0.1, 0.15) is 0 Å². The van der Waals surface area contributed by atoms with Crippen molar-refractivity contribution in [2.75, 3.05) is 0 Å². The van der Waals surface area contributed by atoms with E-state index >= 15 is 0 Å². The summed E-state index contributed by atoms with van der Waals surface area (Å²) in [4.78, 5) is 14.1. The molecule has 0 spiro atoms. The van der Waals surface area contributed by atoms with E-state index in [0.29, 0.717) is 6.04 Å². The van der Waals surface area contributed by atoms with Crippen LogP contribution in [0.2, 0.25) is 0 Å². The van der Waals surface area contributed by atoms with E-state index in [1.807, 2.05) is 23.1 Å². The van der Waals surface area contributed by atoms with E-state index in [2.05, 4.69) is 18.2 Å². The molecule has 3 rings (SSSR count). The van der Waals surface area contributed by atoms with E-state index in [0.717, 1.165) is 24.9 Å². The SMILES string of the molecule is O=C1c2ccccc2CN1C1CC=CC1. The van der Waals surface area contributed by atoms with Gasteiger partial charge in [-0.3, -0.25) is 4.79 Å². The van der Waals surface area contributed by atoms with Gasteiger partial charge in [-0.2, -0.15) is 0 Å². The summed E-state index contributed by atoms with van der Waals surface area (Å²) in [6.07, 6.45) is 6.36. The lowest BCUT2D eigenvalue weighted by Crippen LogP contribution is -2.33. The predicted octanol–water partition coefficient (Wildman–Crippen LogP) is 2.36. The molecule has 0 aromatic heterocycles. The minimum atomic E-state index is 0.208. The lowest BCUT2D eigenvalue weighted by molar-refractivity contribution is 0.0712. The molecule has 0 N–H and O–H groups in total. The summed E-state index contributed by atoms with van der Waals surface area (Å²) >= 11 is 0. The van der Waals surface area contributed by atoms with Crippen LogP contribution in [-0.2, 0) is 6.54 Å². The Morgan fingerprint density at radius 1 is 1.13 bits per heavy atom. The van der Waals surface area contributed by atoms with Crippen LogP contribution in [0.1, 0.15) is 28.8 Å². The van der Waals surface area contributed by atoms with Crippen molar-refractivity contribution in [3.63, 3.8) is 0 Å². The first-order valence-corrected chi connectivity index (χ1v) is 5.40. The average molecular weight is 199 g/mol. The molecule has 0 bridgehead atoms. The Morgan fingerprint density at radius 3 is 2.60 bits per heavy atom. The topological polar surface area (TPSA) is 20.3 Å². The highest BCUT2D eigenvalue weighted by atomic mass is 16.2. The second-order valence-electron chi connectivity index (χ2n) is 4.19. The summed E-state index contributed by atoms with van der Waals surface area (Å²) in [5.41, 5.74) is 2.07. The van der Waals surface area contributed by atoms with Crippen LogP contribution < -0.4 is 0 Å². The molecule has 1 aromatic rings. The molecule has 0 saturated heterocycles. The normalized spacial score (nSPS) is 20.0. The molecule has 0 atom stereocenters. The maximum absolute atomic E-state index is 12.1. The molecule has 2 nitrogen and oxygen atoms in total. The molecule has 76 valence electrons. The third-order valence-corrected chi connectivity index (χ3v) is 3.27. The van der Waals surface area contributed by atoms with Crippen LogP contribution in [0.25, 0.3) is 0 Å². The highest BCUT2D eigenvalue weighted by Gasteiger charge is 2.32. The van der Waals surface area contributed by atoms with Gasteiger partial charge in [0.25, 0.3) is 5.91 Å². The molecule has 0 radical (unpaired) electrons. The second kappa shape index (κ2) is 3.23. The molecule has 2 aliphatic rings. The minimum absolute atomic E-state index is 0.208. The van der Waals surface area contributed by atoms with Crippen molar-refractivity contribution in [2.24, 2.45) is 0 Å². The first-order chi connectivity index (χ1) is 7.36. The summed E-state index contributed by atoms with van der Waals surface area (Å²) < 4.78 is 0. The van der Waals surface area contributed by atoms with Crippen LogP contribution in [0.5, 0.6) is 0 Å². The first kappa shape index (κ1) is 8.72. The van der Waals surface area contributed by atoms with Gasteiger partial charge in [-0.1, -0.05) is 30.4 Å². The Labute approximate surface area is 89.2 Å². The Bertz CT molecular complexity index is 428. The van der Waals surface area contributed by atoms with Crippen LogP contribution >= 0.6 is 0 Å². The fourth-order valence-corrected chi connectivity index (χ4v) is 2.43. The maximum Gasteiger partial charge on any atom is 0.254 e. The first-order valence-electron chi connectivity index (χ1n) is 5.40. The van der Waals surface area contributed by atoms with E-state index in [-0.39, 0.29) is 5.91 Å². The van der Waals surface area contributed by atoms with Gasteiger partial charge in [-0.25, -0.2) is 0 Å². The fraction of sp³-hybridized carbons (Fsp3) is 0.308.